The molecule has 3 N–H and O–H groups in total. The van der Waals surface area contributed by atoms with E-state index < -0.39 is 0 Å². The highest BCUT2D eigenvalue weighted by Gasteiger charge is 2.09. The third-order valence-corrected chi connectivity index (χ3v) is 3.01. The SMILES string of the molecule is C=CC.CC.CC.CC.O=Cc1cc2cc(C(=O)Nc3ccc(O)cc3)cnc2[nH]1. The van der Waals surface area contributed by atoms with E-state index in [4.69, 9.17) is 0 Å². The highest BCUT2D eigenvalue weighted by Crippen LogP contribution is 2.17. The summed E-state index contributed by atoms with van der Waals surface area (Å²) in [5.41, 5.74) is 1.92. The number of phenols is 1. The number of H-pyrrole nitrogens is 1. The summed E-state index contributed by atoms with van der Waals surface area (Å²) < 4.78 is 0. The van der Waals surface area contributed by atoms with Crippen molar-refractivity contribution < 1.29 is 14.7 Å². The number of pyridine rings is 1. The van der Waals surface area contributed by atoms with Crippen LogP contribution in [0, 0.1) is 0 Å². The van der Waals surface area contributed by atoms with Gasteiger partial charge in [-0.3, -0.25) is 9.59 Å². The van der Waals surface area contributed by atoms with E-state index in [0.29, 0.717) is 34.3 Å². The zero-order valence-corrected chi connectivity index (χ0v) is 19.1. The number of anilines is 1. The Balaban J connectivity index is 0. The van der Waals surface area contributed by atoms with Crippen molar-refractivity contribution in [2.24, 2.45) is 0 Å². The fraction of sp³-hybridized carbons (Fsp3) is 0.292. The van der Waals surface area contributed by atoms with Crippen molar-refractivity contribution in [3.05, 3.63) is 66.5 Å². The van der Waals surface area contributed by atoms with Crippen LogP contribution in [0.25, 0.3) is 11.0 Å². The quantitative estimate of drug-likeness (QED) is 0.256. The molecule has 3 aromatic rings. The molecule has 0 unspecified atom stereocenters. The fourth-order valence-electron chi connectivity index (χ4n) is 1.97. The summed E-state index contributed by atoms with van der Waals surface area (Å²) in [6.45, 7) is 17.2. The molecule has 0 spiro atoms. The number of aromatic nitrogens is 2. The highest BCUT2D eigenvalue weighted by atomic mass is 16.3. The number of fused-ring (bicyclic) bond motifs is 1. The van der Waals surface area contributed by atoms with Crippen LogP contribution in [0.1, 0.15) is 69.3 Å². The molecule has 0 aliphatic carbocycles. The summed E-state index contributed by atoms with van der Waals surface area (Å²) in [6.07, 6.45) is 3.88. The lowest BCUT2D eigenvalue weighted by molar-refractivity contribution is 0.102. The van der Waals surface area contributed by atoms with Crippen molar-refractivity contribution in [1.82, 2.24) is 9.97 Å². The molecule has 2 heterocycles. The molecule has 0 radical (unpaired) electrons. The van der Waals surface area contributed by atoms with E-state index in [1.165, 1.54) is 18.3 Å². The normalized spacial score (nSPS) is 8.37. The van der Waals surface area contributed by atoms with Gasteiger partial charge in [-0.15, -0.1) is 6.58 Å². The molecule has 0 aliphatic rings. The monoisotopic (exact) mass is 413 g/mol. The molecule has 6 nitrogen and oxygen atoms in total. The van der Waals surface area contributed by atoms with Crippen molar-refractivity contribution in [2.75, 3.05) is 5.32 Å². The second kappa shape index (κ2) is 17.7. The van der Waals surface area contributed by atoms with Crippen molar-refractivity contribution in [2.45, 2.75) is 48.5 Å². The molecule has 0 bridgehead atoms. The predicted molar refractivity (Wildman–Crippen MR) is 127 cm³/mol. The Labute approximate surface area is 180 Å². The second-order valence-electron chi connectivity index (χ2n) is 4.91. The first-order chi connectivity index (χ1) is 14.6. The van der Waals surface area contributed by atoms with Crippen LogP contribution in [0.2, 0.25) is 0 Å². The summed E-state index contributed by atoms with van der Waals surface area (Å²) in [5.74, 6) is -0.186. The average molecular weight is 414 g/mol. The van der Waals surface area contributed by atoms with Crippen LogP contribution in [0.15, 0.2) is 55.3 Å². The molecule has 164 valence electrons. The number of hydrogen-bond donors (Lipinski definition) is 3. The molecule has 1 amide bonds. The zero-order valence-electron chi connectivity index (χ0n) is 19.1. The first kappa shape index (κ1) is 28.8. The minimum absolute atomic E-state index is 0.129. The maximum absolute atomic E-state index is 12.1. The van der Waals surface area contributed by atoms with Crippen molar-refractivity contribution in [1.29, 1.82) is 0 Å². The van der Waals surface area contributed by atoms with E-state index in [1.54, 1.807) is 30.3 Å². The predicted octanol–water partition coefficient (Wildman–Crippen LogP) is 6.60. The van der Waals surface area contributed by atoms with Gasteiger partial charge in [0.05, 0.1) is 11.3 Å². The van der Waals surface area contributed by atoms with E-state index in [1.807, 2.05) is 48.5 Å². The fourth-order valence-corrected chi connectivity index (χ4v) is 1.97. The molecule has 0 fully saturated rings. The van der Waals surface area contributed by atoms with Gasteiger partial charge in [0, 0.05) is 17.3 Å². The number of amides is 1. The number of aromatic hydroxyl groups is 1. The molecular weight excluding hydrogens is 378 g/mol. The Morgan fingerprint density at radius 3 is 2.10 bits per heavy atom. The molecule has 0 saturated carbocycles. The number of hydrogen-bond acceptors (Lipinski definition) is 4. The number of benzene rings is 1. The molecule has 0 saturated heterocycles. The Bertz CT molecular complexity index is 869. The van der Waals surface area contributed by atoms with Gasteiger partial charge in [0.2, 0.25) is 0 Å². The Morgan fingerprint density at radius 1 is 1.07 bits per heavy atom. The van der Waals surface area contributed by atoms with Crippen LogP contribution < -0.4 is 5.32 Å². The van der Waals surface area contributed by atoms with Crippen molar-refractivity contribution in [3.8, 4) is 5.75 Å². The van der Waals surface area contributed by atoms with Gasteiger partial charge in [0.25, 0.3) is 5.91 Å². The number of carbonyl (C=O) groups is 2. The van der Waals surface area contributed by atoms with Gasteiger partial charge in [0.1, 0.15) is 11.4 Å². The smallest absolute Gasteiger partial charge is 0.257 e. The van der Waals surface area contributed by atoms with E-state index in [0.717, 1.165) is 0 Å². The van der Waals surface area contributed by atoms with Crippen molar-refractivity contribution >= 4 is 28.9 Å². The molecule has 30 heavy (non-hydrogen) atoms. The number of nitrogens with zero attached hydrogens (tertiary/aromatic N) is 1. The minimum Gasteiger partial charge on any atom is -0.508 e. The number of carbonyl (C=O) groups excluding carboxylic acids is 2. The first-order valence-electron chi connectivity index (χ1n) is 10.2. The van der Waals surface area contributed by atoms with Crippen LogP contribution in [0.3, 0.4) is 0 Å². The van der Waals surface area contributed by atoms with Gasteiger partial charge in [0.15, 0.2) is 6.29 Å². The van der Waals surface area contributed by atoms with Crippen LogP contribution in [-0.2, 0) is 0 Å². The minimum atomic E-state index is -0.316. The van der Waals surface area contributed by atoms with E-state index >= 15 is 0 Å². The first-order valence-corrected chi connectivity index (χ1v) is 10.2. The number of allylic oxidation sites excluding steroid dienone is 1. The number of aldehydes is 1. The third kappa shape index (κ3) is 9.68. The lowest BCUT2D eigenvalue weighted by Gasteiger charge is -2.05. The molecule has 6 heteroatoms. The van der Waals surface area contributed by atoms with Gasteiger partial charge in [-0.05, 0) is 43.3 Å². The number of phenolic OH excluding ortho intramolecular Hbond substituents is 1. The lowest BCUT2D eigenvalue weighted by atomic mass is 10.2. The molecule has 0 atom stereocenters. The van der Waals surface area contributed by atoms with Crippen LogP contribution in [0.5, 0.6) is 5.75 Å². The van der Waals surface area contributed by atoms with Gasteiger partial charge >= 0.3 is 0 Å². The summed E-state index contributed by atoms with van der Waals surface area (Å²) in [7, 11) is 0. The maximum atomic E-state index is 12.1. The summed E-state index contributed by atoms with van der Waals surface area (Å²) in [5, 5.41) is 12.6. The highest BCUT2D eigenvalue weighted by molar-refractivity contribution is 6.05. The van der Waals surface area contributed by atoms with Crippen molar-refractivity contribution in [3.63, 3.8) is 0 Å². The van der Waals surface area contributed by atoms with Crippen LogP contribution in [0.4, 0.5) is 5.69 Å². The van der Waals surface area contributed by atoms with E-state index in [2.05, 4.69) is 21.9 Å². The van der Waals surface area contributed by atoms with Gasteiger partial charge in [-0.25, -0.2) is 4.98 Å². The lowest BCUT2D eigenvalue weighted by Crippen LogP contribution is -2.11. The van der Waals surface area contributed by atoms with E-state index in [-0.39, 0.29) is 11.7 Å². The molecule has 0 aliphatic heterocycles. The largest absolute Gasteiger partial charge is 0.508 e. The topological polar surface area (TPSA) is 95.1 Å². The second-order valence-corrected chi connectivity index (χ2v) is 4.91. The van der Waals surface area contributed by atoms with Crippen LogP contribution >= 0.6 is 0 Å². The van der Waals surface area contributed by atoms with Crippen LogP contribution in [-0.4, -0.2) is 27.3 Å². The van der Waals surface area contributed by atoms with Gasteiger partial charge < -0.3 is 15.4 Å². The number of nitrogens with one attached hydrogen (secondary N) is 2. The number of rotatable bonds is 3. The summed E-state index contributed by atoms with van der Waals surface area (Å²) in [6, 6.07) is 9.45. The molecule has 3 rings (SSSR count). The standard InChI is InChI=1S/C15H11N3O3.C3H6.3C2H6/c19-8-12-6-9-5-10(7-16-14(9)17-12)15(21)18-11-1-3-13(20)4-2-11;1-3-2;3*1-2/h1-8,20H,(H,16,17)(H,18,21);3H,1H2,2H3;3*1-2H3. The summed E-state index contributed by atoms with van der Waals surface area (Å²) in [4.78, 5) is 29.8. The molecule has 2 aromatic heterocycles. The molecular formula is C24H35N3O3. The maximum Gasteiger partial charge on any atom is 0.257 e. The Hall–Kier alpha value is -3.41. The third-order valence-electron chi connectivity index (χ3n) is 3.01. The average Bonchev–Trinajstić information content (AvgIpc) is 3.22. The zero-order chi connectivity index (χ0) is 23.5. The molecule has 1 aromatic carbocycles. The van der Waals surface area contributed by atoms with Gasteiger partial charge in [-0.2, -0.15) is 0 Å². The van der Waals surface area contributed by atoms with E-state index in [9.17, 15) is 14.7 Å². The Kier molecular flexibility index (Phi) is 17.0. The Morgan fingerprint density at radius 2 is 1.60 bits per heavy atom. The van der Waals surface area contributed by atoms with Gasteiger partial charge in [-0.1, -0.05) is 47.6 Å². The summed E-state index contributed by atoms with van der Waals surface area (Å²) >= 11 is 0. The number of aromatic amines is 1.